The first-order chi connectivity index (χ1) is 10.7. The number of hydrogen-bond acceptors (Lipinski definition) is 3. The Morgan fingerprint density at radius 1 is 1.13 bits per heavy atom. The van der Waals surface area contributed by atoms with Gasteiger partial charge in [-0.2, -0.15) is 0 Å². The van der Waals surface area contributed by atoms with Crippen molar-refractivity contribution in [2.45, 2.75) is 32.6 Å². The van der Waals surface area contributed by atoms with Gasteiger partial charge in [0.05, 0.1) is 17.5 Å². The number of nitrogens with one attached hydrogen (secondary N) is 1. The number of hydrogen-bond donors (Lipinski definition) is 1. The standard InChI is InChI=1S/C17H20FNO3S/c1-12(2)22-17-9-8-15(10-16(17)18)19-23(20,21)11-14-6-4-13(3)5-7-14/h4-10,12,19H,11H2,1-3H3. The van der Waals surface area contributed by atoms with Gasteiger partial charge < -0.3 is 4.74 Å². The number of aryl methyl sites for hydroxylation is 1. The minimum atomic E-state index is -3.61. The molecule has 124 valence electrons. The van der Waals surface area contributed by atoms with E-state index in [1.807, 2.05) is 19.1 Å². The molecular formula is C17H20FNO3S. The van der Waals surface area contributed by atoms with Crippen LogP contribution in [0.5, 0.6) is 5.75 Å². The molecule has 23 heavy (non-hydrogen) atoms. The van der Waals surface area contributed by atoms with E-state index in [1.54, 1.807) is 26.0 Å². The van der Waals surface area contributed by atoms with Crippen LogP contribution in [0.3, 0.4) is 0 Å². The quantitative estimate of drug-likeness (QED) is 0.871. The van der Waals surface area contributed by atoms with E-state index in [0.29, 0.717) is 5.56 Å². The lowest BCUT2D eigenvalue weighted by atomic mass is 10.2. The maximum Gasteiger partial charge on any atom is 0.236 e. The average molecular weight is 337 g/mol. The van der Waals surface area contributed by atoms with Gasteiger partial charge in [-0.25, -0.2) is 12.8 Å². The molecule has 0 atom stereocenters. The van der Waals surface area contributed by atoms with Crippen LogP contribution in [-0.4, -0.2) is 14.5 Å². The van der Waals surface area contributed by atoms with Crippen LogP contribution in [0.25, 0.3) is 0 Å². The molecule has 0 aliphatic heterocycles. The molecular weight excluding hydrogens is 317 g/mol. The van der Waals surface area contributed by atoms with Gasteiger partial charge in [0.15, 0.2) is 11.6 Å². The second kappa shape index (κ2) is 7.00. The summed E-state index contributed by atoms with van der Waals surface area (Å²) in [7, 11) is -3.61. The van der Waals surface area contributed by atoms with Gasteiger partial charge in [0.25, 0.3) is 0 Å². The SMILES string of the molecule is Cc1ccc(CS(=O)(=O)Nc2ccc(OC(C)C)c(F)c2)cc1. The van der Waals surface area contributed by atoms with Gasteiger partial charge >= 0.3 is 0 Å². The second-order valence-electron chi connectivity index (χ2n) is 5.66. The summed E-state index contributed by atoms with van der Waals surface area (Å²) < 4.78 is 45.9. The highest BCUT2D eigenvalue weighted by atomic mass is 32.2. The Morgan fingerprint density at radius 3 is 2.35 bits per heavy atom. The van der Waals surface area contributed by atoms with Gasteiger partial charge in [-0.15, -0.1) is 0 Å². The summed E-state index contributed by atoms with van der Waals surface area (Å²) in [4.78, 5) is 0. The predicted molar refractivity (Wildman–Crippen MR) is 89.6 cm³/mol. The van der Waals surface area contributed by atoms with Crippen LogP contribution in [0.2, 0.25) is 0 Å². The fraction of sp³-hybridized carbons (Fsp3) is 0.294. The van der Waals surface area contributed by atoms with E-state index in [2.05, 4.69) is 4.72 Å². The number of anilines is 1. The molecule has 0 fully saturated rings. The van der Waals surface area contributed by atoms with E-state index < -0.39 is 15.8 Å². The van der Waals surface area contributed by atoms with Crippen LogP contribution in [-0.2, 0) is 15.8 Å². The summed E-state index contributed by atoms with van der Waals surface area (Å²) in [6, 6.07) is 11.2. The fourth-order valence-electron chi connectivity index (χ4n) is 2.03. The van der Waals surface area contributed by atoms with E-state index in [-0.39, 0.29) is 23.3 Å². The zero-order valence-electron chi connectivity index (χ0n) is 13.3. The molecule has 0 saturated carbocycles. The van der Waals surface area contributed by atoms with Crippen LogP contribution in [0.4, 0.5) is 10.1 Å². The lowest BCUT2D eigenvalue weighted by Gasteiger charge is -2.12. The van der Waals surface area contributed by atoms with Gasteiger partial charge in [-0.3, -0.25) is 4.72 Å². The van der Waals surface area contributed by atoms with Crippen LogP contribution < -0.4 is 9.46 Å². The molecule has 2 aromatic carbocycles. The van der Waals surface area contributed by atoms with Gasteiger partial charge in [-0.1, -0.05) is 29.8 Å². The highest BCUT2D eigenvalue weighted by Gasteiger charge is 2.14. The number of halogens is 1. The Kier molecular flexibility index (Phi) is 5.26. The Hall–Kier alpha value is -2.08. The lowest BCUT2D eigenvalue weighted by molar-refractivity contribution is 0.231. The van der Waals surface area contributed by atoms with Crippen LogP contribution in [0.15, 0.2) is 42.5 Å². The summed E-state index contributed by atoms with van der Waals surface area (Å²) >= 11 is 0. The van der Waals surface area contributed by atoms with E-state index in [9.17, 15) is 12.8 Å². The summed E-state index contributed by atoms with van der Waals surface area (Å²) in [5.41, 5.74) is 1.90. The van der Waals surface area contributed by atoms with Gasteiger partial charge in [0.1, 0.15) is 0 Å². The molecule has 0 saturated heterocycles. The molecule has 0 heterocycles. The minimum absolute atomic E-state index is 0.0986. The Bertz CT molecular complexity index is 771. The smallest absolute Gasteiger partial charge is 0.236 e. The van der Waals surface area contributed by atoms with E-state index >= 15 is 0 Å². The number of ether oxygens (including phenoxy) is 1. The largest absolute Gasteiger partial charge is 0.488 e. The monoisotopic (exact) mass is 337 g/mol. The van der Waals surface area contributed by atoms with Crippen molar-refractivity contribution < 1.29 is 17.5 Å². The van der Waals surface area contributed by atoms with Crippen LogP contribution in [0, 0.1) is 12.7 Å². The van der Waals surface area contributed by atoms with Crippen molar-refractivity contribution in [3.8, 4) is 5.75 Å². The number of benzene rings is 2. The molecule has 0 aromatic heterocycles. The summed E-state index contributed by atoms with van der Waals surface area (Å²) in [5.74, 6) is -0.671. The van der Waals surface area contributed by atoms with Crippen molar-refractivity contribution in [2.24, 2.45) is 0 Å². The number of sulfonamides is 1. The van der Waals surface area contributed by atoms with Crippen molar-refractivity contribution in [1.29, 1.82) is 0 Å². The summed E-state index contributed by atoms with van der Waals surface area (Å²) in [5, 5.41) is 0. The first kappa shape index (κ1) is 17.3. The van der Waals surface area contributed by atoms with E-state index in [0.717, 1.165) is 11.6 Å². The molecule has 2 rings (SSSR count). The molecule has 2 aromatic rings. The van der Waals surface area contributed by atoms with Crippen LogP contribution in [0.1, 0.15) is 25.0 Å². The van der Waals surface area contributed by atoms with Crippen molar-refractivity contribution in [3.63, 3.8) is 0 Å². The van der Waals surface area contributed by atoms with Crippen molar-refractivity contribution in [2.75, 3.05) is 4.72 Å². The first-order valence-corrected chi connectivity index (χ1v) is 8.92. The normalized spacial score (nSPS) is 11.5. The zero-order valence-corrected chi connectivity index (χ0v) is 14.2. The Morgan fingerprint density at radius 2 is 1.78 bits per heavy atom. The predicted octanol–water partition coefficient (Wildman–Crippen LogP) is 3.86. The maximum absolute atomic E-state index is 13.9. The molecule has 4 nitrogen and oxygen atoms in total. The molecule has 6 heteroatoms. The fourth-order valence-corrected chi connectivity index (χ4v) is 3.22. The second-order valence-corrected chi connectivity index (χ2v) is 7.38. The molecule has 0 aliphatic rings. The molecule has 0 radical (unpaired) electrons. The molecule has 0 aliphatic carbocycles. The third-order valence-electron chi connectivity index (χ3n) is 3.05. The topological polar surface area (TPSA) is 55.4 Å². The number of rotatable bonds is 6. The third kappa shape index (κ3) is 5.25. The van der Waals surface area contributed by atoms with Crippen LogP contribution >= 0.6 is 0 Å². The Labute approximate surface area is 136 Å². The average Bonchev–Trinajstić information content (AvgIpc) is 2.43. The molecule has 0 bridgehead atoms. The van der Waals surface area contributed by atoms with Crippen molar-refractivity contribution >= 4 is 15.7 Å². The van der Waals surface area contributed by atoms with Gasteiger partial charge in [0, 0.05) is 6.07 Å². The lowest BCUT2D eigenvalue weighted by Crippen LogP contribution is -2.15. The highest BCUT2D eigenvalue weighted by molar-refractivity contribution is 7.91. The van der Waals surface area contributed by atoms with E-state index in [4.69, 9.17) is 4.74 Å². The van der Waals surface area contributed by atoms with E-state index in [1.165, 1.54) is 12.1 Å². The Balaban J connectivity index is 2.11. The molecule has 0 unspecified atom stereocenters. The third-order valence-corrected chi connectivity index (χ3v) is 4.31. The van der Waals surface area contributed by atoms with Gasteiger partial charge in [-0.05, 0) is 38.5 Å². The summed E-state index contributed by atoms with van der Waals surface area (Å²) in [6.45, 7) is 5.51. The maximum atomic E-state index is 13.9. The molecule has 0 amide bonds. The highest BCUT2D eigenvalue weighted by Crippen LogP contribution is 2.23. The minimum Gasteiger partial charge on any atom is -0.488 e. The van der Waals surface area contributed by atoms with Crippen molar-refractivity contribution in [3.05, 3.63) is 59.4 Å². The van der Waals surface area contributed by atoms with Gasteiger partial charge in [0.2, 0.25) is 10.0 Å². The molecule has 1 N–H and O–H groups in total. The summed E-state index contributed by atoms with van der Waals surface area (Å²) in [6.07, 6.45) is -0.159. The van der Waals surface area contributed by atoms with Crippen molar-refractivity contribution in [1.82, 2.24) is 0 Å². The first-order valence-electron chi connectivity index (χ1n) is 7.27. The zero-order chi connectivity index (χ0) is 17.0. The molecule has 0 spiro atoms.